The third-order valence-corrected chi connectivity index (χ3v) is 1.87. The average molecular weight is 187 g/mol. The van der Waals surface area contributed by atoms with Crippen LogP contribution >= 0.6 is 0 Å². The van der Waals surface area contributed by atoms with Gasteiger partial charge in [0.05, 0.1) is 6.61 Å². The van der Waals surface area contributed by atoms with E-state index in [4.69, 9.17) is 5.11 Å². The topological polar surface area (TPSA) is 58.9 Å². The lowest BCUT2D eigenvalue weighted by Gasteiger charge is -2.01. The average Bonchev–Trinajstić information content (AvgIpc) is 2.30. The van der Waals surface area contributed by atoms with E-state index in [2.05, 4.69) is 15.0 Å². The SMILES string of the molecule is OCc1cncc(-c2cncnc2)c1. The molecule has 4 heteroatoms. The van der Waals surface area contributed by atoms with E-state index in [1.807, 2.05) is 6.07 Å². The van der Waals surface area contributed by atoms with E-state index in [9.17, 15) is 0 Å². The van der Waals surface area contributed by atoms with Crippen molar-refractivity contribution >= 4 is 0 Å². The zero-order chi connectivity index (χ0) is 9.80. The summed E-state index contributed by atoms with van der Waals surface area (Å²) < 4.78 is 0. The lowest BCUT2D eigenvalue weighted by Crippen LogP contribution is -1.88. The highest BCUT2D eigenvalue weighted by molar-refractivity contribution is 5.60. The number of aromatic nitrogens is 3. The number of hydrogen-bond acceptors (Lipinski definition) is 4. The fourth-order valence-corrected chi connectivity index (χ4v) is 1.18. The van der Waals surface area contributed by atoms with Crippen LogP contribution in [0.3, 0.4) is 0 Å². The maximum atomic E-state index is 8.94. The smallest absolute Gasteiger partial charge is 0.115 e. The molecule has 14 heavy (non-hydrogen) atoms. The van der Waals surface area contributed by atoms with Crippen LogP contribution in [0.15, 0.2) is 37.2 Å². The largest absolute Gasteiger partial charge is 0.392 e. The van der Waals surface area contributed by atoms with Gasteiger partial charge in [-0.25, -0.2) is 9.97 Å². The summed E-state index contributed by atoms with van der Waals surface area (Å²) in [6.07, 6.45) is 8.26. The Kier molecular flexibility index (Phi) is 2.46. The second-order valence-electron chi connectivity index (χ2n) is 2.87. The molecule has 0 bridgehead atoms. The fourth-order valence-electron chi connectivity index (χ4n) is 1.18. The molecular weight excluding hydrogens is 178 g/mol. The van der Waals surface area contributed by atoms with Crippen molar-refractivity contribution in [2.45, 2.75) is 6.61 Å². The van der Waals surface area contributed by atoms with E-state index in [1.165, 1.54) is 6.33 Å². The predicted molar refractivity (Wildman–Crippen MR) is 51.2 cm³/mol. The Morgan fingerprint density at radius 3 is 2.36 bits per heavy atom. The van der Waals surface area contributed by atoms with E-state index >= 15 is 0 Å². The second kappa shape index (κ2) is 3.93. The van der Waals surface area contributed by atoms with Crippen molar-refractivity contribution < 1.29 is 5.11 Å². The zero-order valence-corrected chi connectivity index (χ0v) is 7.46. The van der Waals surface area contributed by atoms with Crippen LogP contribution in [0.25, 0.3) is 11.1 Å². The molecule has 0 aliphatic rings. The molecule has 1 N–H and O–H groups in total. The Labute approximate surface area is 81.3 Å². The quantitative estimate of drug-likeness (QED) is 0.762. The molecule has 0 unspecified atom stereocenters. The molecule has 2 aromatic heterocycles. The van der Waals surface area contributed by atoms with Crippen LogP contribution < -0.4 is 0 Å². The normalized spacial score (nSPS) is 10.1. The predicted octanol–water partition coefficient (Wildman–Crippen LogP) is 1.03. The van der Waals surface area contributed by atoms with E-state index in [-0.39, 0.29) is 6.61 Å². The zero-order valence-electron chi connectivity index (χ0n) is 7.46. The minimum absolute atomic E-state index is 0.00543. The highest BCUT2D eigenvalue weighted by atomic mass is 16.3. The van der Waals surface area contributed by atoms with E-state index < -0.39 is 0 Å². The molecule has 0 spiro atoms. The molecule has 4 nitrogen and oxygen atoms in total. The Bertz CT molecular complexity index is 417. The van der Waals surface area contributed by atoms with Gasteiger partial charge in [-0.3, -0.25) is 4.98 Å². The Morgan fingerprint density at radius 2 is 1.64 bits per heavy atom. The third-order valence-electron chi connectivity index (χ3n) is 1.87. The molecule has 0 saturated heterocycles. The Hall–Kier alpha value is -1.81. The first-order valence-electron chi connectivity index (χ1n) is 4.20. The van der Waals surface area contributed by atoms with Crippen LogP contribution in [0.2, 0.25) is 0 Å². The van der Waals surface area contributed by atoms with Crippen LogP contribution in [0.5, 0.6) is 0 Å². The number of pyridine rings is 1. The minimum Gasteiger partial charge on any atom is -0.392 e. The van der Waals surface area contributed by atoms with Gasteiger partial charge in [-0.2, -0.15) is 0 Å². The van der Waals surface area contributed by atoms with E-state index in [1.54, 1.807) is 24.8 Å². The summed E-state index contributed by atoms with van der Waals surface area (Å²) >= 11 is 0. The number of hydrogen-bond donors (Lipinski definition) is 1. The van der Waals surface area contributed by atoms with Crippen molar-refractivity contribution in [3.05, 3.63) is 42.7 Å². The summed E-state index contributed by atoms with van der Waals surface area (Å²) in [4.78, 5) is 11.8. The third kappa shape index (κ3) is 1.75. The van der Waals surface area contributed by atoms with Gasteiger partial charge in [-0.15, -0.1) is 0 Å². The molecular formula is C10H9N3O. The van der Waals surface area contributed by atoms with Crippen molar-refractivity contribution in [2.75, 3.05) is 0 Å². The summed E-state index contributed by atoms with van der Waals surface area (Å²) in [5.74, 6) is 0. The second-order valence-corrected chi connectivity index (χ2v) is 2.87. The standard InChI is InChI=1S/C10H9N3O/c14-6-8-1-9(3-11-2-8)10-4-12-7-13-5-10/h1-5,7,14H,6H2. The Morgan fingerprint density at radius 1 is 0.929 bits per heavy atom. The molecule has 70 valence electrons. The maximum absolute atomic E-state index is 8.94. The van der Waals surface area contributed by atoms with Gasteiger partial charge in [0.15, 0.2) is 0 Å². The van der Waals surface area contributed by atoms with E-state index in [0.717, 1.165) is 16.7 Å². The molecule has 0 atom stereocenters. The molecule has 0 saturated carbocycles. The molecule has 0 aromatic carbocycles. The highest BCUT2D eigenvalue weighted by Crippen LogP contribution is 2.16. The highest BCUT2D eigenvalue weighted by Gasteiger charge is 1.99. The van der Waals surface area contributed by atoms with Crippen LogP contribution in [-0.2, 0) is 6.61 Å². The van der Waals surface area contributed by atoms with Crippen LogP contribution in [0, 0.1) is 0 Å². The minimum atomic E-state index is -0.00543. The lowest BCUT2D eigenvalue weighted by molar-refractivity contribution is 0.281. The summed E-state index contributed by atoms with van der Waals surface area (Å²) in [7, 11) is 0. The van der Waals surface area contributed by atoms with Crippen LogP contribution in [0.1, 0.15) is 5.56 Å². The van der Waals surface area contributed by atoms with Crippen molar-refractivity contribution in [1.29, 1.82) is 0 Å². The number of aliphatic hydroxyl groups excluding tert-OH is 1. The van der Waals surface area contributed by atoms with Crippen molar-refractivity contribution in [3.63, 3.8) is 0 Å². The first-order chi connectivity index (χ1) is 6.90. The Balaban J connectivity index is 2.42. The molecule has 2 aromatic rings. The molecule has 0 aliphatic heterocycles. The number of nitrogens with zero attached hydrogens (tertiary/aromatic N) is 3. The van der Waals surface area contributed by atoms with Crippen LogP contribution in [-0.4, -0.2) is 20.1 Å². The first-order valence-corrected chi connectivity index (χ1v) is 4.20. The summed E-state index contributed by atoms with van der Waals surface area (Å²) in [5, 5.41) is 8.94. The summed E-state index contributed by atoms with van der Waals surface area (Å²) in [5.41, 5.74) is 2.60. The van der Waals surface area contributed by atoms with Gasteiger partial charge in [0, 0.05) is 35.9 Å². The van der Waals surface area contributed by atoms with Gasteiger partial charge < -0.3 is 5.11 Å². The van der Waals surface area contributed by atoms with Gasteiger partial charge in [0.2, 0.25) is 0 Å². The fraction of sp³-hybridized carbons (Fsp3) is 0.100. The van der Waals surface area contributed by atoms with Gasteiger partial charge in [-0.1, -0.05) is 0 Å². The van der Waals surface area contributed by atoms with E-state index in [0.29, 0.717) is 0 Å². The molecule has 2 rings (SSSR count). The van der Waals surface area contributed by atoms with Gasteiger partial charge in [-0.05, 0) is 11.6 Å². The molecule has 0 aliphatic carbocycles. The van der Waals surface area contributed by atoms with Crippen molar-refractivity contribution in [2.24, 2.45) is 0 Å². The number of rotatable bonds is 2. The lowest BCUT2D eigenvalue weighted by atomic mass is 10.1. The molecule has 0 amide bonds. The van der Waals surface area contributed by atoms with Crippen molar-refractivity contribution in [1.82, 2.24) is 15.0 Å². The molecule has 0 radical (unpaired) electrons. The molecule has 0 fully saturated rings. The molecule has 2 heterocycles. The first kappa shape index (κ1) is 8.77. The maximum Gasteiger partial charge on any atom is 0.115 e. The van der Waals surface area contributed by atoms with Crippen molar-refractivity contribution in [3.8, 4) is 11.1 Å². The van der Waals surface area contributed by atoms with Gasteiger partial charge in [0.25, 0.3) is 0 Å². The van der Waals surface area contributed by atoms with Gasteiger partial charge in [0.1, 0.15) is 6.33 Å². The number of aliphatic hydroxyl groups is 1. The monoisotopic (exact) mass is 187 g/mol. The van der Waals surface area contributed by atoms with Gasteiger partial charge >= 0.3 is 0 Å². The summed E-state index contributed by atoms with van der Waals surface area (Å²) in [6, 6.07) is 1.87. The summed E-state index contributed by atoms with van der Waals surface area (Å²) in [6.45, 7) is -0.00543. The van der Waals surface area contributed by atoms with Crippen LogP contribution in [0.4, 0.5) is 0 Å².